The molecule has 0 N–H and O–H groups in total. The van der Waals surface area contributed by atoms with Crippen molar-refractivity contribution >= 4 is 0 Å². The molecule has 0 bridgehead atoms. The first kappa shape index (κ1) is 16.7. The van der Waals surface area contributed by atoms with Gasteiger partial charge in [0.25, 0.3) is 0 Å². The van der Waals surface area contributed by atoms with Crippen molar-refractivity contribution in [3.05, 3.63) is 48.6 Å². The number of hydrogen-bond donors (Lipinski definition) is 0. The van der Waals surface area contributed by atoms with E-state index >= 15 is 0 Å². The molecule has 2 fully saturated rings. The van der Waals surface area contributed by atoms with Gasteiger partial charge >= 0.3 is 0 Å². The molecule has 23 heavy (non-hydrogen) atoms. The Bertz CT molecular complexity index is 479. The molecule has 126 valence electrons. The summed E-state index contributed by atoms with van der Waals surface area (Å²) in [5.74, 6) is -0.291. The molecule has 0 radical (unpaired) electrons. The van der Waals surface area contributed by atoms with Gasteiger partial charge in [-0.25, -0.2) is 0 Å². The topological polar surface area (TPSA) is 27.7 Å². The molecule has 2 atom stereocenters. The standard InChI is InChI=1S/C20H28O3/c1-2-9-18(21-15-17-10-5-3-6-11-17)14-19-16-22-20(23-19)12-7-4-8-13-20/h2-3,5-6,10-11,18-19H,1,4,7-9,12-16H2/t18-,19-/m0/s1. The second kappa shape index (κ2) is 8.09. The van der Waals surface area contributed by atoms with E-state index in [-0.39, 0.29) is 18.0 Å². The van der Waals surface area contributed by atoms with Gasteiger partial charge in [-0.15, -0.1) is 6.58 Å². The fourth-order valence-electron chi connectivity index (χ4n) is 3.59. The van der Waals surface area contributed by atoms with Gasteiger partial charge in [-0.1, -0.05) is 42.8 Å². The van der Waals surface area contributed by atoms with Crippen LogP contribution in [0.4, 0.5) is 0 Å². The maximum atomic E-state index is 6.28. The molecule has 1 aliphatic carbocycles. The van der Waals surface area contributed by atoms with Crippen molar-refractivity contribution in [1.82, 2.24) is 0 Å². The van der Waals surface area contributed by atoms with Gasteiger partial charge in [-0.3, -0.25) is 0 Å². The van der Waals surface area contributed by atoms with Gasteiger partial charge in [0.15, 0.2) is 5.79 Å². The van der Waals surface area contributed by atoms with Gasteiger partial charge in [0.2, 0.25) is 0 Å². The van der Waals surface area contributed by atoms with Gasteiger partial charge in [0, 0.05) is 19.3 Å². The molecule has 2 aliphatic rings. The molecule has 1 aliphatic heterocycles. The van der Waals surface area contributed by atoms with E-state index in [4.69, 9.17) is 14.2 Å². The van der Waals surface area contributed by atoms with E-state index < -0.39 is 0 Å². The molecule has 3 rings (SSSR count). The highest BCUT2D eigenvalue weighted by Gasteiger charge is 2.42. The minimum absolute atomic E-state index is 0.139. The molecule has 1 spiro atoms. The lowest BCUT2D eigenvalue weighted by Gasteiger charge is -2.32. The van der Waals surface area contributed by atoms with Crippen LogP contribution in [0.5, 0.6) is 0 Å². The zero-order chi connectivity index (χ0) is 16.0. The fraction of sp³-hybridized carbons (Fsp3) is 0.600. The molecule has 3 heteroatoms. The molecular formula is C20H28O3. The largest absolute Gasteiger partial charge is 0.373 e. The lowest BCUT2D eigenvalue weighted by molar-refractivity contribution is -0.189. The molecule has 1 aromatic carbocycles. The third-order valence-corrected chi connectivity index (χ3v) is 4.81. The first-order valence-corrected chi connectivity index (χ1v) is 8.88. The Balaban J connectivity index is 1.50. The van der Waals surface area contributed by atoms with Gasteiger partial charge in [-0.05, 0) is 24.8 Å². The third kappa shape index (κ3) is 4.66. The zero-order valence-electron chi connectivity index (χ0n) is 13.9. The Morgan fingerprint density at radius 3 is 2.74 bits per heavy atom. The Kier molecular flexibility index (Phi) is 5.87. The number of rotatable bonds is 7. The SMILES string of the molecule is C=CC[C@@H](C[C@H]1COC2(CCCCC2)O1)OCc1ccccc1. The first-order chi connectivity index (χ1) is 11.3. The summed E-state index contributed by atoms with van der Waals surface area (Å²) in [7, 11) is 0. The van der Waals surface area contributed by atoms with E-state index in [1.807, 2.05) is 24.3 Å². The third-order valence-electron chi connectivity index (χ3n) is 4.81. The summed E-state index contributed by atoms with van der Waals surface area (Å²) in [4.78, 5) is 0. The minimum atomic E-state index is -0.291. The monoisotopic (exact) mass is 316 g/mol. The summed E-state index contributed by atoms with van der Waals surface area (Å²) in [6.45, 7) is 5.20. The van der Waals surface area contributed by atoms with Crippen LogP contribution in [0.1, 0.15) is 50.5 Å². The molecule has 1 saturated carbocycles. The highest BCUT2D eigenvalue weighted by atomic mass is 16.7. The predicted octanol–water partition coefficient (Wildman–Crippen LogP) is 4.61. The highest BCUT2D eigenvalue weighted by molar-refractivity contribution is 5.13. The van der Waals surface area contributed by atoms with Crippen LogP contribution in [0.15, 0.2) is 43.0 Å². The van der Waals surface area contributed by atoms with Crippen LogP contribution < -0.4 is 0 Å². The van der Waals surface area contributed by atoms with Gasteiger partial charge in [0.05, 0.1) is 25.4 Å². The lowest BCUT2D eigenvalue weighted by atomic mass is 9.94. The van der Waals surface area contributed by atoms with E-state index in [2.05, 4.69) is 18.7 Å². The van der Waals surface area contributed by atoms with E-state index in [1.165, 1.54) is 24.8 Å². The normalized spacial score (nSPS) is 24.6. The molecule has 1 aromatic rings. The predicted molar refractivity (Wildman–Crippen MR) is 91.1 cm³/mol. The quantitative estimate of drug-likeness (QED) is 0.687. The summed E-state index contributed by atoms with van der Waals surface area (Å²) in [6, 6.07) is 10.3. The summed E-state index contributed by atoms with van der Waals surface area (Å²) in [6.07, 6.45) is 9.76. The van der Waals surface area contributed by atoms with Crippen molar-refractivity contribution in [3.8, 4) is 0 Å². The fourth-order valence-corrected chi connectivity index (χ4v) is 3.59. The van der Waals surface area contributed by atoms with Crippen LogP contribution in [0.2, 0.25) is 0 Å². The molecule has 0 amide bonds. The number of benzene rings is 1. The van der Waals surface area contributed by atoms with Gasteiger partial charge in [0.1, 0.15) is 0 Å². The number of hydrogen-bond acceptors (Lipinski definition) is 3. The Labute approximate surface area is 139 Å². The molecule has 1 heterocycles. The van der Waals surface area contributed by atoms with Crippen molar-refractivity contribution in [1.29, 1.82) is 0 Å². The van der Waals surface area contributed by atoms with Crippen LogP contribution in [-0.2, 0) is 20.8 Å². The Morgan fingerprint density at radius 1 is 1.22 bits per heavy atom. The van der Waals surface area contributed by atoms with Crippen LogP contribution in [0.3, 0.4) is 0 Å². The number of ether oxygens (including phenoxy) is 3. The van der Waals surface area contributed by atoms with Crippen molar-refractivity contribution in [2.24, 2.45) is 0 Å². The molecule has 3 nitrogen and oxygen atoms in total. The Morgan fingerprint density at radius 2 is 2.00 bits per heavy atom. The van der Waals surface area contributed by atoms with E-state index in [9.17, 15) is 0 Å². The van der Waals surface area contributed by atoms with Gasteiger partial charge in [-0.2, -0.15) is 0 Å². The zero-order valence-corrected chi connectivity index (χ0v) is 13.9. The highest BCUT2D eigenvalue weighted by Crippen LogP contribution is 2.38. The molecular weight excluding hydrogens is 288 g/mol. The van der Waals surface area contributed by atoms with E-state index in [0.29, 0.717) is 13.2 Å². The second-order valence-corrected chi connectivity index (χ2v) is 6.70. The average Bonchev–Trinajstić information content (AvgIpc) is 2.96. The maximum Gasteiger partial charge on any atom is 0.168 e. The van der Waals surface area contributed by atoms with Gasteiger partial charge < -0.3 is 14.2 Å². The average molecular weight is 316 g/mol. The van der Waals surface area contributed by atoms with Crippen molar-refractivity contribution in [2.45, 2.75) is 69.5 Å². The van der Waals surface area contributed by atoms with E-state index in [0.717, 1.165) is 25.7 Å². The second-order valence-electron chi connectivity index (χ2n) is 6.70. The first-order valence-electron chi connectivity index (χ1n) is 8.88. The Hall–Kier alpha value is -1.16. The van der Waals surface area contributed by atoms with Crippen molar-refractivity contribution in [2.75, 3.05) is 6.61 Å². The lowest BCUT2D eigenvalue weighted by Crippen LogP contribution is -2.34. The smallest absolute Gasteiger partial charge is 0.168 e. The van der Waals surface area contributed by atoms with Crippen molar-refractivity contribution < 1.29 is 14.2 Å². The minimum Gasteiger partial charge on any atom is -0.373 e. The maximum absolute atomic E-state index is 6.28. The molecule has 0 aromatic heterocycles. The summed E-state index contributed by atoms with van der Waals surface area (Å²) in [5.41, 5.74) is 1.20. The summed E-state index contributed by atoms with van der Waals surface area (Å²) in [5, 5.41) is 0. The van der Waals surface area contributed by atoms with Crippen LogP contribution in [0, 0.1) is 0 Å². The molecule has 1 saturated heterocycles. The summed E-state index contributed by atoms with van der Waals surface area (Å²) < 4.78 is 18.4. The van der Waals surface area contributed by atoms with Crippen LogP contribution in [0.25, 0.3) is 0 Å². The van der Waals surface area contributed by atoms with E-state index in [1.54, 1.807) is 0 Å². The molecule has 0 unspecified atom stereocenters. The van der Waals surface area contributed by atoms with Crippen LogP contribution in [-0.4, -0.2) is 24.6 Å². The van der Waals surface area contributed by atoms with Crippen molar-refractivity contribution in [3.63, 3.8) is 0 Å². The summed E-state index contributed by atoms with van der Waals surface area (Å²) >= 11 is 0. The van der Waals surface area contributed by atoms with Crippen LogP contribution >= 0.6 is 0 Å².